The fourth-order valence-corrected chi connectivity index (χ4v) is 4.50. The van der Waals surface area contributed by atoms with E-state index in [2.05, 4.69) is 39.8 Å². The Balaban J connectivity index is 1.24. The van der Waals surface area contributed by atoms with E-state index in [0.29, 0.717) is 25.7 Å². The number of piperidine rings is 1. The third kappa shape index (κ3) is 5.93. The number of likely N-dealkylation sites (tertiary alicyclic amines) is 1. The summed E-state index contributed by atoms with van der Waals surface area (Å²) in [5, 5.41) is 16.6. The minimum absolute atomic E-state index is 0.00386. The first-order valence-corrected chi connectivity index (χ1v) is 11.2. The van der Waals surface area contributed by atoms with Crippen molar-refractivity contribution in [2.24, 2.45) is 0 Å². The van der Waals surface area contributed by atoms with Crippen molar-refractivity contribution in [1.29, 1.82) is 0 Å². The summed E-state index contributed by atoms with van der Waals surface area (Å²) in [6.07, 6.45) is 3.22. The maximum Gasteiger partial charge on any atom is 0.224 e. The van der Waals surface area contributed by atoms with Crippen molar-refractivity contribution in [2.45, 2.75) is 57.2 Å². The quantitative estimate of drug-likeness (QED) is 0.641. The Bertz CT molecular complexity index is 915. The molecule has 0 aromatic heterocycles. The number of carbonyl (C=O) groups is 2. The van der Waals surface area contributed by atoms with Crippen LogP contribution in [0.15, 0.2) is 48.5 Å². The van der Waals surface area contributed by atoms with E-state index in [0.717, 1.165) is 49.3 Å². The summed E-state index contributed by atoms with van der Waals surface area (Å²) < 4.78 is 0. The van der Waals surface area contributed by atoms with E-state index in [4.69, 9.17) is 0 Å². The molecule has 4 rings (SSSR count). The van der Waals surface area contributed by atoms with Gasteiger partial charge in [-0.05, 0) is 55.0 Å². The molecule has 2 amide bonds. The van der Waals surface area contributed by atoms with Crippen LogP contribution in [0.1, 0.15) is 54.9 Å². The van der Waals surface area contributed by atoms with Gasteiger partial charge in [0, 0.05) is 37.7 Å². The van der Waals surface area contributed by atoms with Gasteiger partial charge >= 0.3 is 0 Å². The maximum absolute atomic E-state index is 12.5. The molecule has 1 fully saturated rings. The van der Waals surface area contributed by atoms with E-state index in [1.165, 1.54) is 5.56 Å². The van der Waals surface area contributed by atoms with Gasteiger partial charge in [0.25, 0.3) is 0 Å². The van der Waals surface area contributed by atoms with Gasteiger partial charge in [-0.3, -0.25) is 14.5 Å². The number of aliphatic hydroxyl groups is 1. The van der Waals surface area contributed by atoms with Gasteiger partial charge < -0.3 is 15.7 Å². The lowest BCUT2D eigenvalue weighted by Gasteiger charge is -2.33. The van der Waals surface area contributed by atoms with Crippen molar-refractivity contribution >= 4 is 17.5 Å². The number of nitrogens with zero attached hydrogens (tertiary/aromatic N) is 1. The molecule has 2 aliphatic heterocycles. The SMILES string of the molecule is O=C1CCc2cc([C@@H](O)CCC(=O)N[C@@H]3CCCN(Cc4ccccc4)C3)ccc2N1. The van der Waals surface area contributed by atoms with E-state index in [1.54, 1.807) is 0 Å². The van der Waals surface area contributed by atoms with Crippen LogP contribution in [-0.4, -0.2) is 41.0 Å². The molecule has 0 aliphatic carbocycles. The summed E-state index contributed by atoms with van der Waals surface area (Å²) in [7, 11) is 0. The molecule has 1 saturated heterocycles. The Labute approximate surface area is 183 Å². The lowest BCUT2D eigenvalue weighted by atomic mass is 9.96. The highest BCUT2D eigenvalue weighted by Crippen LogP contribution is 2.27. The Morgan fingerprint density at radius 1 is 1.19 bits per heavy atom. The predicted molar refractivity (Wildman–Crippen MR) is 120 cm³/mol. The first-order chi connectivity index (χ1) is 15.1. The van der Waals surface area contributed by atoms with Crippen LogP contribution in [0.4, 0.5) is 5.69 Å². The monoisotopic (exact) mass is 421 g/mol. The molecular weight excluding hydrogens is 390 g/mol. The van der Waals surface area contributed by atoms with Crippen LogP contribution in [0.5, 0.6) is 0 Å². The molecule has 6 heteroatoms. The highest BCUT2D eigenvalue weighted by atomic mass is 16.3. The van der Waals surface area contributed by atoms with Crippen LogP contribution < -0.4 is 10.6 Å². The third-order valence-electron chi connectivity index (χ3n) is 6.17. The molecule has 0 unspecified atom stereocenters. The molecule has 31 heavy (non-hydrogen) atoms. The van der Waals surface area contributed by atoms with Crippen molar-refractivity contribution in [3.8, 4) is 0 Å². The molecule has 164 valence electrons. The van der Waals surface area contributed by atoms with Crippen molar-refractivity contribution in [3.05, 3.63) is 65.2 Å². The van der Waals surface area contributed by atoms with Crippen LogP contribution >= 0.6 is 0 Å². The van der Waals surface area contributed by atoms with Crippen molar-refractivity contribution in [1.82, 2.24) is 10.2 Å². The highest BCUT2D eigenvalue weighted by Gasteiger charge is 2.22. The van der Waals surface area contributed by atoms with Crippen molar-refractivity contribution < 1.29 is 14.7 Å². The van der Waals surface area contributed by atoms with Gasteiger partial charge in [0.15, 0.2) is 0 Å². The Morgan fingerprint density at radius 2 is 2.03 bits per heavy atom. The zero-order valence-electron chi connectivity index (χ0n) is 17.8. The zero-order chi connectivity index (χ0) is 21.6. The average molecular weight is 422 g/mol. The van der Waals surface area contributed by atoms with Gasteiger partial charge in [-0.15, -0.1) is 0 Å². The second kappa shape index (κ2) is 10.1. The van der Waals surface area contributed by atoms with Crippen LogP contribution in [0, 0.1) is 0 Å². The van der Waals surface area contributed by atoms with Gasteiger partial charge in [-0.2, -0.15) is 0 Å². The number of fused-ring (bicyclic) bond motifs is 1. The molecule has 6 nitrogen and oxygen atoms in total. The molecule has 2 heterocycles. The molecule has 2 aliphatic rings. The lowest BCUT2D eigenvalue weighted by Crippen LogP contribution is -2.47. The number of nitrogens with one attached hydrogen (secondary N) is 2. The average Bonchev–Trinajstić information content (AvgIpc) is 2.78. The second-order valence-electron chi connectivity index (χ2n) is 8.65. The Kier molecular flexibility index (Phi) is 6.99. The standard InChI is InChI=1S/C25H31N3O3/c29-23(20-8-10-22-19(15-20)9-12-25(31)27-22)11-13-24(30)26-21-7-4-14-28(17-21)16-18-5-2-1-3-6-18/h1-3,5-6,8,10,15,21,23,29H,4,7,9,11-14,16-17H2,(H,26,30)(H,27,31)/t21-,23+/m1/s1. The minimum atomic E-state index is -0.686. The topological polar surface area (TPSA) is 81.7 Å². The third-order valence-corrected chi connectivity index (χ3v) is 6.17. The van der Waals surface area contributed by atoms with E-state index >= 15 is 0 Å². The Morgan fingerprint density at radius 3 is 2.87 bits per heavy atom. The first kappa shape index (κ1) is 21.5. The smallest absolute Gasteiger partial charge is 0.224 e. The molecule has 0 spiro atoms. The summed E-state index contributed by atoms with van der Waals surface area (Å²) >= 11 is 0. The summed E-state index contributed by atoms with van der Waals surface area (Å²) in [5.41, 5.74) is 3.96. The number of carbonyl (C=O) groups excluding carboxylic acids is 2. The minimum Gasteiger partial charge on any atom is -0.388 e. The summed E-state index contributed by atoms with van der Waals surface area (Å²) in [6.45, 7) is 2.82. The van der Waals surface area contributed by atoms with Crippen molar-refractivity contribution in [3.63, 3.8) is 0 Å². The number of hydrogen-bond donors (Lipinski definition) is 3. The molecule has 3 N–H and O–H groups in total. The number of hydrogen-bond acceptors (Lipinski definition) is 4. The zero-order valence-corrected chi connectivity index (χ0v) is 17.8. The molecule has 0 radical (unpaired) electrons. The fraction of sp³-hybridized carbons (Fsp3) is 0.440. The summed E-state index contributed by atoms with van der Waals surface area (Å²) in [5.74, 6) is 0.0263. The molecule has 2 aromatic carbocycles. The van der Waals surface area contributed by atoms with E-state index in [9.17, 15) is 14.7 Å². The van der Waals surface area contributed by atoms with E-state index in [-0.39, 0.29) is 17.9 Å². The van der Waals surface area contributed by atoms with Crippen molar-refractivity contribution in [2.75, 3.05) is 18.4 Å². The van der Waals surface area contributed by atoms with E-state index in [1.807, 2.05) is 24.3 Å². The van der Waals surface area contributed by atoms with Crippen LogP contribution in [0.3, 0.4) is 0 Å². The fourth-order valence-electron chi connectivity index (χ4n) is 4.50. The summed E-state index contributed by atoms with van der Waals surface area (Å²) in [4.78, 5) is 26.4. The van der Waals surface area contributed by atoms with Gasteiger partial charge in [0.1, 0.15) is 0 Å². The first-order valence-electron chi connectivity index (χ1n) is 11.2. The largest absolute Gasteiger partial charge is 0.388 e. The predicted octanol–water partition coefficient (Wildman–Crippen LogP) is 3.17. The molecule has 2 aromatic rings. The number of amides is 2. The maximum atomic E-state index is 12.5. The molecule has 0 saturated carbocycles. The van der Waals surface area contributed by atoms with Crippen LogP contribution in [0.25, 0.3) is 0 Å². The van der Waals surface area contributed by atoms with E-state index < -0.39 is 6.10 Å². The number of benzene rings is 2. The van der Waals surface area contributed by atoms with Gasteiger partial charge in [0.05, 0.1) is 6.10 Å². The lowest BCUT2D eigenvalue weighted by molar-refractivity contribution is -0.122. The van der Waals surface area contributed by atoms with Crippen LogP contribution in [-0.2, 0) is 22.6 Å². The number of rotatable bonds is 7. The normalized spacial score (nSPS) is 19.9. The van der Waals surface area contributed by atoms with Gasteiger partial charge in [-0.25, -0.2) is 0 Å². The van der Waals surface area contributed by atoms with Gasteiger partial charge in [0.2, 0.25) is 11.8 Å². The number of aliphatic hydroxyl groups excluding tert-OH is 1. The van der Waals surface area contributed by atoms with Gasteiger partial charge in [-0.1, -0.05) is 42.5 Å². The number of aryl methyl sites for hydroxylation is 1. The molecular formula is C25H31N3O3. The van der Waals surface area contributed by atoms with Crippen LogP contribution in [0.2, 0.25) is 0 Å². The second-order valence-corrected chi connectivity index (χ2v) is 8.65. The summed E-state index contributed by atoms with van der Waals surface area (Å²) in [6, 6.07) is 16.2. The Hall–Kier alpha value is -2.70. The molecule has 0 bridgehead atoms. The molecule has 2 atom stereocenters. The number of anilines is 1. The highest BCUT2D eigenvalue weighted by molar-refractivity contribution is 5.93.